The Kier molecular flexibility index (Phi) is 4.24. The molecule has 0 saturated carbocycles. The third-order valence-corrected chi connectivity index (χ3v) is 4.29. The molecule has 0 aliphatic heterocycles. The lowest BCUT2D eigenvalue weighted by Crippen LogP contribution is -2.15. The second-order valence-electron chi connectivity index (χ2n) is 4.69. The number of rotatable bonds is 4. The molecule has 0 saturated heterocycles. The van der Waals surface area contributed by atoms with E-state index in [0.29, 0.717) is 6.07 Å². The van der Waals surface area contributed by atoms with Crippen LogP contribution in [0.2, 0.25) is 0 Å². The summed E-state index contributed by atoms with van der Waals surface area (Å²) in [6.45, 7) is 1.42. The minimum absolute atomic E-state index is 0.250. The average Bonchev–Trinajstić information content (AvgIpc) is 2.44. The van der Waals surface area contributed by atoms with Crippen LogP contribution >= 0.6 is 0 Å². The lowest BCUT2D eigenvalue weighted by Gasteiger charge is -2.12. The fourth-order valence-electron chi connectivity index (χ4n) is 1.89. The van der Waals surface area contributed by atoms with Crippen LogP contribution in [0.5, 0.6) is 5.75 Å². The van der Waals surface area contributed by atoms with Gasteiger partial charge < -0.3 is 10.2 Å². The quantitative estimate of drug-likeness (QED) is 0.791. The van der Waals surface area contributed by atoms with Gasteiger partial charge in [0.2, 0.25) is 0 Å². The zero-order valence-corrected chi connectivity index (χ0v) is 12.5. The second kappa shape index (κ2) is 5.84. The first kappa shape index (κ1) is 16.7. The number of phenols is 1. The molecule has 0 spiro atoms. The van der Waals surface area contributed by atoms with E-state index in [1.165, 1.54) is 6.92 Å². The molecule has 23 heavy (non-hydrogen) atoms. The van der Waals surface area contributed by atoms with Crippen LogP contribution in [0.3, 0.4) is 0 Å². The minimum Gasteiger partial charge on any atom is -0.506 e. The van der Waals surface area contributed by atoms with E-state index in [4.69, 9.17) is 5.11 Å². The number of carbonyl (C=O) groups is 1. The predicted octanol–water partition coefficient (Wildman–Crippen LogP) is 2.48. The average molecular weight is 343 g/mol. The first-order valence-electron chi connectivity index (χ1n) is 6.16. The Balaban J connectivity index is 2.56. The number of anilines is 1. The number of aromatic hydroxyl groups is 1. The summed E-state index contributed by atoms with van der Waals surface area (Å²) in [6.07, 6.45) is 0. The summed E-state index contributed by atoms with van der Waals surface area (Å²) >= 11 is 0. The molecule has 0 radical (unpaired) electrons. The Labute approximate surface area is 130 Å². The highest BCUT2D eigenvalue weighted by Crippen LogP contribution is 2.30. The summed E-state index contributed by atoms with van der Waals surface area (Å²) in [5.41, 5.74) is -1.03. The SMILES string of the molecule is Cc1cc(C(=O)O)c(O)c(S(=O)(=O)Nc2cc(F)ccc2F)c1. The van der Waals surface area contributed by atoms with E-state index < -0.39 is 49.5 Å². The fourth-order valence-corrected chi connectivity index (χ4v) is 3.15. The highest BCUT2D eigenvalue weighted by molar-refractivity contribution is 7.92. The largest absolute Gasteiger partial charge is 0.506 e. The number of hydrogen-bond donors (Lipinski definition) is 3. The maximum absolute atomic E-state index is 13.6. The van der Waals surface area contributed by atoms with Crippen molar-refractivity contribution in [3.63, 3.8) is 0 Å². The first-order chi connectivity index (χ1) is 10.6. The molecule has 0 aliphatic carbocycles. The number of aryl methyl sites for hydroxylation is 1. The number of benzene rings is 2. The second-order valence-corrected chi connectivity index (χ2v) is 6.34. The standard InChI is InChI=1S/C14H11F2NO5S/c1-7-4-9(14(19)20)13(18)12(5-7)23(21,22)17-11-6-8(15)2-3-10(11)16/h2-6,17-18H,1H3,(H,19,20). The van der Waals surface area contributed by atoms with Crippen LogP contribution in [-0.4, -0.2) is 24.6 Å². The van der Waals surface area contributed by atoms with Crippen LogP contribution in [0.4, 0.5) is 14.5 Å². The molecular formula is C14H11F2NO5S. The van der Waals surface area contributed by atoms with E-state index in [-0.39, 0.29) is 5.56 Å². The Morgan fingerprint density at radius 1 is 1.17 bits per heavy atom. The molecule has 122 valence electrons. The number of carboxylic acids is 1. The van der Waals surface area contributed by atoms with Gasteiger partial charge in [-0.25, -0.2) is 22.0 Å². The number of carboxylic acid groups (broad SMARTS) is 1. The smallest absolute Gasteiger partial charge is 0.339 e. The van der Waals surface area contributed by atoms with Crippen molar-refractivity contribution in [3.05, 3.63) is 53.1 Å². The Morgan fingerprint density at radius 3 is 2.43 bits per heavy atom. The van der Waals surface area contributed by atoms with Crippen molar-refractivity contribution in [2.24, 2.45) is 0 Å². The van der Waals surface area contributed by atoms with Crippen molar-refractivity contribution in [2.75, 3.05) is 4.72 Å². The minimum atomic E-state index is -4.53. The molecule has 0 aliphatic rings. The van der Waals surface area contributed by atoms with Crippen LogP contribution in [0.1, 0.15) is 15.9 Å². The highest BCUT2D eigenvalue weighted by Gasteiger charge is 2.25. The van der Waals surface area contributed by atoms with E-state index >= 15 is 0 Å². The number of sulfonamides is 1. The number of hydrogen-bond acceptors (Lipinski definition) is 4. The monoisotopic (exact) mass is 343 g/mol. The van der Waals surface area contributed by atoms with Crippen molar-refractivity contribution < 1.29 is 32.2 Å². The Bertz CT molecular complexity index is 896. The molecule has 0 heterocycles. The summed E-state index contributed by atoms with van der Waals surface area (Å²) in [5.74, 6) is -4.42. The van der Waals surface area contributed by atoms with Gasteiger partial charge in [0.15, 0.2) is 5.75 Å². The van der Waals surface area contributed by atoms with E-state index in [9.17, 15) is 27.1 Å². The first-order valence-corrected chi connectivity index (χ1v) is 7.65. The maximum atomic E-state index is 13.6. The highest BCUT2D eigenvalue weighted by atomic mass is 32.2. The van der Waals surface area contributed by atoms with E-state index in [0.717, 1.165) is 24.3 Å². The normalized spacial score (nSPS) is 11.3. The molecule has 0 aromatic heterocycles. The van der Waals surface area contributed by atoms with Gasteiger partial charge >= 0.3 is 5.97 Å². The molecule has 0 bridgehead atoms. The third kappa shape index (κ3) is 3.39. The van der Waals surface area contributed by atoms with Crippen molar-refractivity contribution >= 4 is 21.7 Å². The van der Waals surface area contributed by atoms with Gasteiger partial charge in [-0.2, -0.15) is 0 Å². The summed E-state index contributed by atoms with van der Waals surface area (Å²) < 4.78 is 53.0. The summed E-state index contributed by atoms with van der Waals surface area (Å²) in [4.78, 5) is 10.3. The van der Waals surface area contributed by atoms with Crippen LogP contribution in [0, 0.1) is 18.6 Å². The van der Waals surface area contributed by atoms with Gasteiger partial charge in [-0.1, -0.05) is 0 Å². The lowest BCUT2D eigenvalue weighted by molar-refractivity contribution is 0.0693. The van der Waals surface area contributed by atoms with Gasteiger partial charge in [0, 0.05) is 6.07 Å². The van der Waals surface area contributed by atoms with Crippen LogP contribution in [0.25, 0.3) is 0 Å². The van der Waals surface area contributed by atoms with Gasteiger partial charge in [0.1, 0.15) is 22.1 Å². The van der Waals surface area contributed by atoms with E-state index in [2.05, 4.69) is 0 Å². The molecule has 0 amide bonds. The van der Waals surface area contributed by atoms with E-state index in [1.807, 2.05) is 0 Å². The van der Waals surface area contributed by atoms with Crippen molar-refractivity contribution in [1.29, 1.82) is 0 Å². The van der Waals surface area contributed by atoms with Gasteiger partial charge in [-0.3, -0.25) is 4.72 Å². The maximum Gasteiger partial charge on any atom is 0.339 e. The van der Waals surface area contributed by atoms with Crippen molar-refractivity contribution in [1.82, 2.24) is 0 Å². The lowest BCUT2D eigenvalue weighted by atomic mass is 10.1. The molecule has 0 fully saturated rings. The predicted molar refractivity (Wildman–Crippen MR) is 77.0 cm³/mol. The van der Waals surface area contributed by atoms with Crippen molar-refractivity contribution in [3.8, 4) is 5.75 Å². The summed E-state index contributed by atoms with van der Waals surface area (Å²) in [6, 6.07) is 4.25. The van der Waals surface area contributed by atoms with Crippen LogP contribution in [0.15, 0.2) is 35.2 Å². The van der Waals surface area contributed by atoms with Crippen LogP contribution < -0.4 is 4.72 Å². The molecule has 6 nitrogen and oxygen atoms in total. The van der Waals surface area contributed by atoms with Gasteiger partial charge in [0.25, 0.3) is 10.0 Å². The molecule has 2 rings (SSSR count). The number of nitrogens with one attached hydrogen (secondary N) is 1. The summed E-state index contributed by atoms with van der Waals surface area (Å²) in [5, 5.41) is 18.8. The Hall–Kier alpha value is -2.68. The topological polar surface area (TPSA) is 104 Å². The molecule has 2 aromatic carbocycles. The number of aromatic carboxylic acids is 1. The van der Waals surface area contributed by atoms with Crippen LogP contribution in [-0.2, 0) is 10.0 Å². The molecular weight excluding hydrogens is 332 g/mol. The molecule has 9 heteroatoms. The molecule has 3 N–H and O–H groups in total. The zero-order valence-electron chi connectivity index (χ0n) is 11.7. The Morgan fingerprint density at radius 2 is 1.83 bits per heavy atom. The van der Waals surface area contributed by atoms with E-state index in [1.54, 1.807) is 4.72 Å². The fraction of sp³-hybridized carbons (Fsp3) is 0.0714. The summed E-state index contributed by atoms with van der Waals surface area (Å²) in [7, 11) is -4.53. The zero-order chi connectivity index (χ0) is 17.4. The number of halogens is 2. The molecule has 0 atom stereocenters. The van der Waals surface area contributed by atoms with Crippen molar-refractivity contribution in [2.45, 2.75) is 11.8 Å². The van der Waals surface area contributed by atoms with Gasteiger partial charge in [0.05, 0.1) is 5.69 Å². The van der Waals surface area contributed by atoms with Gasteiger partial charge in [-0.05, 0) is 36.8 Å². The van der Waals surface area contributed by atoms with Gasteiger partial charge in [-0.15, -0.1) is 0 Å². The molecule has 2 aromatic rings. The third-order valence-electron chi connectivity index (χ3n) is 2.91. The molecule has 0 unspecified atom stereocenters.